The molecule has 0 aromatic carbocycles. The molecule has 0 atom stereocenters. The lowest BCUT2D eigenvalue weighted by atomic mass is 10.2. The van der Waals surface area contributed by atoms with Gasteiger partial charge in [-0.2, -0.15) is 0 Å². The van der Waals surface area contributed by atoms with Gasteiger partial charge in [-0.25, -0.2) is 0 Å². The molecule has 0 unspecified atom stereocenters. The maximum atomic E-state index is 5.19. The van der Waals surface area contributed by atoms with E-state index < -0.39 is 0 Å². The SMILES string of the molecule is CCCN(C)C(=S)C(C)C. The monoisotopic (exact) mass is 159 g/mol. The third-order valence-corrected chi connectivity index (χ3v) is 2.21. The number of rotatable bonds is 3. The lowest BCUT2D eigenvalue weighted by molar-refractivity contribution is 0.485. The average Bonchev–Trinajstić information content (AvgIpc) is 1.87. The Kier molecular flexibility index (Phi) is 4.62. The van der Waals surface area contributed by atoms with Crippen molar-refractivity contribution in [3.05, 3.63) is 0 Å². The predicted octanol–water partition coefficient (Wildman–Crippen LogP) is 2.31. The number of nitrogens with zero attached hydrogens (tertiary/aromatic N) is 1. The Balaban J connectivity index is 3.71. The highest BCUT2D eigenvalue weighted by Crippen LogP contribution is 2.01. The molecule has 0 spiro atoms. The second-order valence-corrected chi connectivity index (χ2v) is 3.33. The van der Waals surface area contributed by atoms with Crippen LogP contribution < -0.4 is 0 Å². The van der Waals surface area contributed by atoms with Crippen molar-refractivity contribution in [3.63, 3.8) is 0 Å². The summed E-state index contributed by atoms with van der Waals surface area (Å²) >= 11 is 5.19. The molecule has 2 heteroatoms. The Hall–Kier alpha value is -0.110. The summed E-state index contributed by atoms with van der Waals surface area (Å²) < 4.78 is 0. The lowest BCUT2D eigenvalue weighted by Crippen LogP contribution is -2.29. The molecular formula is C8H17NS. The highest BCUT2D eigenvalue weighted by Gasteiger charge is 2.05. The van der Waals surface area contributed by atoms with Crippen molar-refractivity contribution < 1.29 is 0 Å². The molecule has 0 fully saturated rings. The minimum atomic E-state index is 0.506. The van der Waals surface area contributed by atoms with Gasteiger partial charge in [0.25, 0.3) is 0 Å². The van der Waals surface area contributed by atoms with E-state index >= 15 is 0 Å². The van der Waals surface area contributed by atoms with Gasteiger partial charge in [0.15, 0.2) is 0 Å². The van der Waals surface area contributed by atoms with Crippen LogP contribution in [0.5, 0.6) is 0 Å². The Bertz CT molecular complexity index is 110. The van der Waals surface area contributed by atoms with Crippen molar-refractivity contribution >= 4 is 17.2 Å². The summed E-state index contributed by atoms with van der Waals surface area (Å²) in [7, 11) is 2.06. The predicted molar refractivity (Wildman–Crippen MR) is 50.4 cm³/mol. The third kappa shape index (κ3) is 3.16. The van der Waals surface area contributed by atoms with E-state index in [1.807, 2.05) is 0 Å². The van der Waals surface area contributed by atoms with Gasteiger partial charge < -0.3 is 4.90 Å². The largest absolute Gasteiger partial charge is 0.369 e. The molecular weight excluding hydrogens is 142 g/mol. The van der Waals surface area contributed by atoms with E-state index in [2.05, 4.69) is 32.7 Å². The van der Waals surface area contributed by atoms with Crippen molar-refractivity contribution in [2.45, 2.75) is 27.2 Å². The first-order valence-electron chi connectivity index (χ1n) is 3.84. The Morgan fingerprint density at radius 3 is 2.30 bits per heavy atom. The zero-order valence-corrected chi connectivity index (χ0v) is 8.16. The maximum Gasteiger partial charge on any atom is 0.0802 e. The average molecular weight is 159 g/mol. The van der Waals surface area contributed by atoms with Gasteiger partial charge in [-0.15, -0.1) is 0 Å². The molecule has 10 heavy (non-hydrogen) atoms. The van der Waals surface area contributed by atoms with Crippen LogP contribution in [0, 0.1) is 5.92 Å². The summed E-state index contributed by atoms with van der Waals surface area (Å²) in [6.45, 7) is 7.51. The van der Waals surface area contributed by atoms with E-state index in [-0.39, 0.29) is 0 Å². The van der Waals surface area contributed by atoms with Crippen molar-refractivity contribution in [2.75, 3.05) is 13.6 Å². The molecule has 0 heterocycles. The van der Waals surface area contributed by atoms with Gasteiger partial charge in [-0.1, -0.05) is 33.0 Å². The van der Waals surface area contributed by atoms with Crippen LogP contribution in [0.4, 0.5) is 0 Å². The van der Waals surface area contributed by atoms with Crippen LogP contribution in [0.25, 0.3) is 0 Å². The molecule has 60 valence electrons. The minimum Gasteiger partial charge on any atom is -0.369 e. The van der Waals surface area contributed by atoms with Gasteiger partial charge in [-0.05, 0) is 6.42 Å². The van der Waals surface area contributed by atoms with Crippen molar-refractivity contribution in [2.24, 2.45) is 5.92 Å². The molecule has 0 bridgehead atoms. The quantitative estimate of drug-likeness (QED) is 0.581. The smallest absolute Gasteiger partial charge is 0.0802 e. The van der Waals surface area contributed by atoms with Crippen molar-refractivity contribution in [1.82, 2.24) is 4.90 Å². The first-order chi connectivity index (χ1) is 4.59. The maximum absolute atomic E-state index is 5.19. The van der Waals surface area contributed by atoms with E-state index in [1.165, 1.54) is 6.42 Å². The fraction of sp³-hybridized carbons (Fsp3) is 0.875. The number of thiocarbonyl (C=S) groups is 1. The molecule has 0 saturated heterocycles. The topological polar surface area (TPSA) is 3.24 Å². The second-order valence-electron chi connectivity index (χ2n) is 2.91. The number of hydrogen-bond donors (Lipinski definition) is 0. The van der Waals surface area contributed by atoms with Gasteiger partial charge in [0.2, 0.25) is 0 Å². The van der Waals surface area contributed by atoms with E-state index in [9.17, 15) is 0 Å². The molecule has 1 nitrogen and oxygen atoms in total. The lowest BCUT2D eigenvalue weighted by Gasteiger charge is -2.21. The summed E-state index contributed by atoms with van der Waals surface area (Å²) in [6.07, 6.45) is 1.17. The summed E-state index contributed by atoms with van der Waals surface area (Å²) in [5.74, 6) is 0.506. The fourth-order valence-electron chi connectivity index (χ4n) is 0.886. The Morgan fingerprint density at radius 2 is 2.00 bits per heavy atom. The molecule has 0 rings (SSSR count). The molecule has 0 saturated carbocycles. The van der Waals surface area contributed by atoms with Crippen molar-refractivity contribution in [3.8, 4) is 0 Å². The molecule has 0 aromatic rings. The molecule has 0 aliphatic carbocycles. The van der Waals surface area contributed by atoms with Crippen LogP contribution in [-0.4, -0.2) is 23.5 Å². The molecule has 0 aliphatic heterocycles. The van der Waals surface area contributed by atoms with Gasteiger partial charge in [0.05, 0.1) is 4.99 Å². The molecule has 0 amide bonds. The summed E-state index contributed by atoms with van der Waals surface area (Å²) in [4.78, 5) is 3.22. The van der Waals surface area contributed by atoms with Gasteiger partial charge in [0.1, 0.15) is 0 Å². The van der Waals surface area contributed by atoms with Crippen LogP contribution in [0.2, 0.25) is 0 Å². The summed E-state index contributed by atoms with van der Waals surface area (Å²) in [5, 5.41) is 0. The molecule has 0 radical (unpaired) electrons. The van der Waals surface area contributed by atoms with Crippen LogP contribution in [-0.2, 0) is 0 Å². The normalized spacial score (nSPS) is 10.1. The van der Waals surface area contributed by atoms with Gasteiger partial charge in [0, 0.05) is 19.5 Å². The standard InChI is InChI=1S/C8H17NS/c1-5-6-9(4)8(10)7(2)3/h7H,5-6H2,1-4H3. The number of hydrogen-bond acceptors (Lipinski definition) is 1. The van der Waals surface area contributed by atoms with Gasteiger partial charge >= 0.3 is 0 Å². The third-order valence-electron chi connectivity index (χ3n) is 1.43. The molecule has 0 N–H and O–H groups in total. The van der Waals surface area contributed by atoms with E-state index in [0.29, 0.717) is 5.92 Å². The van der Waals surface area contributed by atoms with Crippen molar-refractivity contribution in [1.29, 1.82) is 0 Å². The molecule has 0 aromatic heterocycles. The van der Waals surface area contributed by atoms with E-state index in [0.717, 1.165) is 11.5 Å². The summed E-state index contributed by atoms with van der Waals surface area (Å²) in [5.41, 5.74) is 0. The fourth-order valence-corrected chi connectivity index (χ4v) is 0.978. The van der Waals surface area contributed by atoms with Gasteiger partial charge in [-0.3, -0.25) is 0 Å². The van der Waals surface area contributed by atoms with Crippen LogP contribution in [0.15, 0.2) is 0 Å². The Labute approximate surface area is 69.4 Å². The summed E-state index contributed by atoms with van der Waals surface area (Å²) in [6, 6.07) is 0. The van der Waals surface area contributed by atoms with E-state index in [1.54, 1.807) is 0 Å². The van der Waals surface area contributed by atoms with Crippen LogP contribution in [0.1, 0.15) is 27.2 Å². The van der Waals surface area contributed by atoms with E-state index in [4.69, 9.17) is 12.2 Å². The van der Waals surface area contributed by atoms with Crippen LogP contribution in [0.3, 0.4) is 0 Å². The zero-order chi connectivity index (χ0) is 8.15. The zero-order valence-electron chi connectivity index (χ0n) is 7.35. The first kappa shape index (κ1) is 9.89. The highest BCUT2D eigenvalue weighted by atomic mass is 32.1. The first-order valence-corrected chi connectivity index (χ1v) is 4.25. The second kappa shape index (κ2) is 4.67. The minimum absolute atomic E-state index is 0.506. The highest BCUT2D eigenvalue weighted by molar-refractivity contribution is 7.80. The van der Waals surface area contributed by atoms with Crippen LogP contribution >= 0.6 is 12.2 Å². The molecule has 0 aliphatic rings. The Morgan fingerprint density at radius 1 is 1.50 bits per heavy atom.